The molecule has 0 spiro atoms. The minimum absolute atomic E-state index is 0.0120. The third kappa shape index (κ3) is 5.48. The molecule has 0 heterocycles. The molecule has 0 saturated heterocycles. The lowest BCUT2D eigenvalue weighted by Crippen LogP contribution is -2.18. The van der Waals surface area contributed by atoms with Crippen LogP contribution < -0.4 is 4.74 Å². The van der Waals surface area contributed by atoms with Crippen molar-refractivity contribution in [2.24, 2.45) is 0 Å². The third-order valence-electron chi connectivity index (χ3n) is 3.24. The summed E-state index contributed by atoms with van der Waals surface area (Å²) in [5.41, 5.74) is 1.95. The first kappa shape index (κ1) is 16.5. The van der Waals surface area contributed by atoms with E-state index in [2.05, 4.69) is 0 Å². The van der Waals surface area contributed by atoms with E-state index in [9.17, 15) is 0 Å². The maximum atomic E-state index is 9.10. The number of rotatable bonds is 9. The summed E-state index contributed by atoms with van der Waals surface area (Å²) in [6.45, 7) is 1.01. The Morgan fingerprint density at radius 1 is 1.00 bits per heavy atom. The molecule has 2 aromatic carbocycles. The van der Waals surface area contributed by atoms with Crippen molar-refractivity contribution in [3.05, 3.63) is 65.7 Å². The lowest BCUT2D eigenvalue weighted by molar-refractivity contribution is -0.138. The van der Waals surface area contributed by atoms with Crippen molar-refractivity contribution < 1.29 is 19.3 Å². The summed E-state index contributed by atoms with van der Waals surface area (Å²) in [6.07, 6.45) is 0.327. The zero-order chi connectivity index (χ0) is 15.6. The second kappa shape index (κ2) is 9.20. The summed E-state index contributed by atoms with van der Waals surface area (Å²) in [6, 6.07) is 17.4. The van der Waals surface area contributed by atoms with Crippen LogP contribution in [-0.4, -0.2) is 25.1 Å². The first-order chi connectivity index (χ1) is 10.8. The van der Waals surface area contributed by atoms with Gasteiger partial charge in [0, 0.05) is 13.5 Å². The van der Waals surface area contributed by atoms with Gasteiger partial charge in [-0.15, -0.1) is 0 Å². The lowest BCUT2D eigenvalue weighted by atomic mass is 10.2. The standard InChI is InChI=1S/C18H22O4/c1-20-18(22-14-15-6-3-2-4-7-15)10-11-21-17-9-5-8-16(12-17)13-19/h2-9,12,18-19H,10-11,13-14H2,1H3. The number of benzene rings is 2. The third-order valence-corrected chi connectivity index (χ3v) is 3.24. The molecule has 0 radical (unpaired) electrons. The molecule has 1 N–H and O–H groups in total. The van der Waals surface area contributed by atoms with Crippen molar-refractivity contribution in [1.29, 1.82) is 0 Å². The topological polar surface area (TPSA) is 47.9 Å². The van der Waals surface area contributed by atoms with Gasteiger partial charge in [-0.1, -0.05) is 42.5 Å². The lowest BCUT2D eigenvalue weighted by Gasteiger charge is -2.17. The molecule has 4 nitrogen and oxygen atoms in total. The normalized spacial score (nSPS) is 12.1. The Kier molecular flexibility index (Phi) is 6.90. The second-order valence-corrected chi connectivity index (χ2v) is 4.90. The Morgan fingerprint density at radius 3 is 2.50 bits per heavy atom. The molecular formula is C18H22O4. The Balaban J connectivity index is 1.73. The largest absolute Gasteiger partial charge is 0.493 e. The minimum atomic E-state index is -0.304. The van der Waals surface area contributed by atoms with Crippen LogP contribution in [0.1, 0.15) is 17.5 Å². The quantitative estimate of drug-likeness (QED) is 0.723. The molecule has 0 fully saturated rings. The first-order valence-electron chi connectivity index (χ1n) is 7.32. The van der Waals surface area contributed by atoms with Gasteiger partial charge in [-0.2, -0.15) is 0 Å². The van der Waals surface area contributed by atoms with Crippen LogP contribution in [0.15, 0.2) is 54.6 Å². The Bertz CT molecular complexity index is 542. The summed E-state index contributed by atoms with van der Waals surface area (Å²) in [5, 5.41) is 9.10. The highest BCUT2D eigenvalue weighted by atomic mass is 16.7. The van der Waals surface area contributed by atoms with E-state index in [0.29, 0.717) is 19.6 Å². The molecule has 0 saturated carbocycles. The highest BCUT2D eigenvalue weighted by molar-refractivity contribution is 5.27. The Hall–Kier alpha value is -1.88. The summed E-state index contributed by atoms with van der Waals surface area (Å²) < 4.78 is 16.7. The van der Waals surface area contributed by atoms with E-state index in [1.54, 1.807) is 7.11 Å². The molecule has 0 aromatic heterocycles. The second-order valence-electron chi connectivity index (χ2n) is 4.90. The first-order valence-corrected chi connectivity index (χ1v) is 7.32. The van der Waals surface area contributed by atoms with Crippen LogP contribution in [0, 0.1) is 0 Å². The Morgan fingerprint density at radius 2 is 1.77 bits per heavy atom. The van der Waals surface area contributed by atoms with Gasteiger partial charge < -0.3 is 19.3 Å². The van der Waals surface area contributed by atoms with Crippen molar-refractivity contribution in [3.8, 4) is 5.75 Å². The average Bonchev–Trinajstić information content (AvgIpc) is 2.59. The molecule has 0 aliphatic heterocycles. The van der Waals surface area contributed by atoms with Crippen molar-refractivity contribution in [2.75, 3.05) is 13.7 Å². The molecule has 0 aliphatic carbocycles. The highest BCUT2D eigenvalue weighted by Gasteiger charge is 2.08. The van der Waals surface area contributed by atoms with Crippen molar-refractivity contribution >= 4 is 0 Å². The van der Waals surface area contributed by atoms with Gasteiger partial charge in [0.05, 0.1) is 19.8 Å². The van der Waals surface area contributed by atoms with Crippen LogP contribution in [0.5, 0.6) is 5.75 Å². The molecular weight excluding hydrogens is 280 g/mol. The summed E-state index contributed by atoms with van der Waals surface area (Å²) >= 11 is 0. The van der Waals surface area contributed by atoms with E-state index in [4.69, 9.17) is 19.3 Å². The molecule has 2 aromatic rings. The number of hydrogen-bond donors (Lipinski definition) is 1. The number of methoxy groups -OCH3 is 1. The molecule has 0 amide bonds. The van der Waals surface area contributed by atoms with Gasteiger partial charge in [0.25, 0.3) is 0 Å². The van der Waals surface area contributed by atoms with Gasteiger partial charge >= 0.3 is 0 Å². The molecule has 22 heavy (non-hydrogen) atoms. The van der Waals surface area contributed by atoms with Gasteiger partial charge in [-0.3, -0.25) is 0 Å². The Labute approximate surface area is 131 Å². The predicted octanol–water partition coefficient (Wildman–Crippen LogP) is 3.14. The van der Waals surface area contributed by atoms with E-state index in [1.165, 1.54) is 0 Å². The van der Waals surface area contributed by atoms with Crippen molar-refractivity contribution in [3.63, 3.8) is 0 Å². The molecule has 2 rings (SSSR count). The van der Waals surface area contributed by atoms with Crippen molar-refractivity contribution in [1.82, 2.24) is 0 Å². The number of hydrogen-bond acceptors (Lipinski definition) is 4. The van der Waals surface area contributed by atoms with Crippen LogP contribution in [0.2, 0.25) is 0 Å². The van der Waals surface area contributed by atoms with Crippen LogP contribution >= 0.6 is 0 Å². The smallest absolute Gasteiger partial charge is 0.160 e. The fourth-order valence-electron chi connectivity index (χ4n) is 2.04. The summed E-state index contributed by atoms with van der Waals surface area (Å²) in [5.74, 6) is 0.740. The molecule has 1 atom stereocenters. The van der Waals surface area contributed by atoms with Gasteiger partial charge in [0.1, 0.15) is 5.75 Å². The van der Waals surface area contributed by atoms with Crippen molar-refractivity contribution in [2.45, 2.75) is 25.9 Å². The van der Waals surface area contributed by atoms with Gasteiger partial charge in [-0.25, -0.2) is 0 Å². The molecule has 0 aliphatic rings. The fourth-order valence-corrected chi connectivity index (χ4v) is 2.04. The maximum Gasteiger partial charge on any atom is 0.160 e. The van der Waals surface area contributed by atoms with E-state index in [1.807, 2.05) is 54.6 Å². The molecule has 1 unspecified atom stereocenters. The van der Waals surface area contributed by atoms with E-state index in [-0.39, 0.29) is 12.9 Å². The van der Waals surface area contributed by atoms with Gasteiger partial charge in [-0.05, 0) is 23.3 Å². The molecule has 0 bridgehead atoms. The summed E-state index contributed by atoms with van der Waals surface area (Å²) in [7, 11) is 1.63. The van der Waals surface area contributed by atoms with Gasteiger partial charge in [0.15, 0.2) is 6.29 Å². The molecule has 118 valence electrons. The highest BCUT2D eigenvalue weighted by Crippen LogP contribution is 2.14. The monoisotopic (exact) mass is 302 g/mol. The minimum Gasteiger partial charge on any atom is -0.493 e. The SMILES string of the molecule is COC(CCOc1cccc(CO)c1)OCc1ccccc1. The van der Waals surface area contributed by atoms with E-state index in [0.717, 1.165) is 16.9 Å². The van der Waals surface area contributed by atoms with Crippen LogP contribution in [0.4, 0.5) is 0 Å². The number of aliphatic hydroxyl groups is 1. The zero-order valence-corrected chi connectivity index (χ0v) is 12.8. The molecule has 4 heteroatoms. The maximum absolute atomic E-state index is 9.10. The predicted molar refractivity (Wildman–Crippen MR) is 84.5 cm³/mol. The average molecular weight is 302 g/mol. The van der Waals surface area contributed by atoms with Gasteiger partial charge in [0.2, 0.25) is 0 Å². The number of ether oxygens (including phenoxy) is 3. The number of aliphatic hydroxyl groups excluding tert-OH is 1. The fraction of sp³-hybridized carbons (Fsp3) is 0.333. The van der Waals surface area contributed by atoms with Crippen LogP contribution in [0.3, 0.4) is 0 Å². The van der Waals surface area contributed by atoms with Crippen LogP contribution in [0.25, 0.3) is 0 Å². The van der Waals surface area contributed by atoms with E-state index < -0.39 is 0 Å². The zero-order valence-electron chi connectivity index (χ0n) is 12.8. The summed E-state index contributed by atoms with van der Waals surface area (Å²) in [4.78, 5) is 0. The van der Waals surface area contributed by atoms with Crippen LogP contribution in [-0.2, 0) is 22.7 Å². The van der Waals surface area contributed by atoms with E-state index >= 15 is 0 Å².